The number of carbonyl (C=O) groups is 5. The van der Waals surface area contributed by atoms with Gasteiger partial charge in [0.05, 0.1) is 56.1 Å². The maximum Gasteiger partial charge on any atom is 0.328 e. The van der Waals surface area contributed by atoms with Crippen LogP contribution in [-0.2, 0) is 44.6 Å². The van der Waals surface area contributed by atoms with Gasteiger partial charge < -0.3 is 39.6 Å². The van der Waals surface area contributed by atoms with Crippen LogP contribution in [-0.4, -0.2) is 146 Å². The number of nitrogens with zero attached hydrogens (tertiary/aromatic N) is 4. The number of hydrogen-bond donors (Lipinski definition) is 3. The highest BCUT2D eigenvalue weighted by atomic mass is 16.5. The number of rotatable bonds is 21. The largest absolute Gasteiger partial charge is 0.467 e. The molecule has 53 heavy (non-hydrogen) atoms. The second kappa shape index (κ2) is 21.4. The minimum absolute atomic E-state index is 0.00000702. The lowest BCUT2D eigenvalue weighted by Crippen LogP contribution is -2.59. The molecule has 0 radical (unpaired) electrons. The van der Waals surface area contributed by atoms with Gasteiger partial charge in [0.15, 0.2) is 0 Å². The summed E-state index contributed by atoms with van der Waals surface area (Å²) in [4.78, 5) is 80.1. The number of esters is 1. The summed E-state index contributed by atoms with van der Waals surface area (Å²) in [5, 5.41) is 5.83. The molecule has 1 aliphatic rings. The lowest BCUT2D eigenvalue weighted by atomic mass is 9.89. The third-order valence-electron chi connectivity index (χ3n) is 10.7. The topological polar surface area (TPSA) is 176 Å². The van der Waals surface area contributed by atoms with Crippen molar-refractivity contribution in [2.24, 2.45) is 23.7 Å². The van der Waals surface area contributed by atoms with Gasteiger partial charge in [-0.3, -0.25) is 24.1 Å². The van der Waals surface area contributed by atoms with Gasteiger partial charge in [-0.05, 0) is 44.7 Å². The zero-order chi connectivity index (χ0) is 40.2. The van der Waals surface area contributed by atoms with Crippen molar-refractivity contribution < 1.29 is 38.2 Å². The first-order valence-electron chi connectivity index (χ1n) is 18.9. The van der Waals surface area contributed by atoms with E-state index in [0.29, 0.717) is 18.7 Å². The highest BCUT2D eigenvalue weighted by Crippen LogP contribution is 2.30. The smallest absolute Gasteiger partial charge is 0.328 e. The summed E-state index contributed by atoms with van der Waals surface area (Å²) in [6.45, 7) is 14.0. The molecule has 3 N–H and O–H groups in total. The number of methoxy groups -OCH3 is 3. The van der Waals surface area contributed by atoms with E-state index in [0.717, 1.165) is 12.8 Å². The van der Waals surface area contributed by atoms with Crippen LogP contribution in [0.4, 0.5) is 0 Å². The molecule has 0 aromatic carbocycles. The van der Waals surface area contributed by atoms with Crippen LogP contribution in [0.5, 0.6) is 0 Å². The van der Waals surface area contributed by atoms with Crippen molar-refractivity contribution in [2.45, 2.75) is 123 Å². The van der Waals surface area contributed by atoms with E-state index in [1.54, 1.807) is 37.1 Å². The molecule has 1 fully saturated rings. The average Bonchev–Trinajstić information content (AvgIpc) is 3.81. The summed E-state index contributed by atoms with van der Waals surface area (Å²) < 4.78 is 16.8. The number of aromatic nitrogens is 2. The molecule has 1 aliphatic heterocycles. The number of nitrogens with one attached hydrogen (secondary N) is 3. The van der Waals surface area contributed by atoms with E-state index in [1.165, 1.54) is 20.5 Å². The average molecular weight is 750 g/mol. The van der Waals surface area contributed by atoms with Gasteiger partial charge in [0, 0.05) is 46.1 Å². The molecule has 0 bridgehead atoms. The van der Waals surface area contributed by atoms with Crippen molar-refractivity contribution in [3.05, 3.63) is 18.2 Å². The minimum Gasteiger partial charge on any atom is -0.467 e. The Kier molecular flexibility index (Phi) is 18.4. The molecule has 9 atom stereocenters. The number of likely N-dealkylation sites (tertiary alicyclic amines) is 1. The Hall–Kier alpha value is -3.56. The summed E-state index contributed by atoms with van der Waals surface area (Å²) in [5.41, 5.74) is 0.661. The zero-order valence-corrected chi connectivity index (χ0v) is 34.3. The number of likely N-dealkylation sites (N-methyl/N-ethyl adjacent to an activating group) is 2. The van der Waals surface area contributed by atoms with E-state index in [4.69, 9.17) is 14.2 Å². The molecule has 0 unspecified atom stereocenters. The minimum atomic E-state index is -0.942. The second-order valence-corrected chi connectivity index (χ2v) is 15.3. The first-order chi connectivity index (χ1) is 24.9. The monoisotopic (exact) mass is 750 g/mol. The Morgan fingerprint density at radius 1 is 0.962 bits per heavy atom. The highest BCUT2D eigenvalue weighted by molar-refractivity contribution is 5.90. The summed E-state index contributed by atoms with van der Waals surface area (Å²) in [7, 11) is 9.74. The maximum atomic E-state index is 14.2. The molecule has 2 rings (SSSR count). The van der Waals surface area contributed by atoms with Gasteiger partial charge in [0.25, 0.3) is 0 Å². The van der Waals surface area contributed by atoms with Crippen LogP contribution in [0.3, 0.4) is 0 Å². The van der Waals surface area contributed by atoms with E-state index in [1.807, 2.05) is 60.5 Å². The van der Waals surface area contributed by atoms with E-state index >= 15 is 0 Å². The fourth-order valence-corrected chi connectivity index (χ4v) is 7.67. The van der Waals surface area contributed by atoms with Gasteiger partial charge in [0.1, 0.15) is 12.1 Å². The first-order valence-corrected chi connectivity index (χ1v) is 18.9. The molecule has 0 aliphatic carbocycles. The standard InChI is InChI=1S/C38H67N7O8/c1-14-24(6)33(44(10)37(49)31(22(2)3)42-36(48)32(23(4)5)43(8)9)29(51-11)19-30(46)45-17-15-16-28(45)34(52-12)25(7)35(47)41-27(38(50)53-13)18-26-20-39-21-40-26/h20-25,27-29,31-34H,14-19H2,1-13H3,(H,39,40)(H,41,47)(H,42,48)/t24-,25+,27-,28-,29+,31-,32-,33-,34+/m0/s1. The van der Waals surface area contributed by atoms with Gasteiger partial charge >= 0.3 is 5.97 Å². The van der Waals surface area contributed by atoms with Crippen LogP contribution >= 0.6 is 0 Å². The summed E-state index contributed by atoms with van der Waals surface area (Å²) in [5.74, 6) is -2.53. The predicted octanol–water partition coefficient (Wildman–Crippen LogP) is 2.26. The maximum absolute atomic E-state index is 14.2. The zero-order valence-electron chi connectivity index (χ0n) is 34.3. The number of imidazole rings is 1. The molecule has 302 valence electrons. The third-order valence-corrected chi connectivity index (χ3v) is 10.7. The normalized spacial score (nSPS) is 19.2. The Bertz CT molecular complexity index is 1320. The molecular formula is C38H67N7O8. The quantitative estimate of drug-likeness (QED) is 0.158. The summed E-state index contributed by atoms with van der Waals surface area (Å²) >= 11 is 0. The van der Waals surface area contributed by atoms with Crippen LogP contribution in [0.2, 0.25) is 0 Å². The van der Waals surface area contributed by atoms with Gasteiger partial charge in [0.2, 0.25) is 23.6 Å². The summed E-state index contributed by atoms with van der Waals surface area (Å²) in [6, 6.07) is -2.99. The molecule has 0 saturated carbocycles. The van der Waals surface area contributed by atoms with Crippen LogP contribution in [0.1, 0.15) is 79.8 Å². The number of ether oxygens (including phenoxy) is 3. The number of amides is 4. The van der Waals surface area contributed by atoms with E-state index in [2.05, 4.69) is 20.6 Å². The third kappa shape index (κ3) is 12.0. The van der Waals surface area contributed by atoms with Crippen molar-refractivity contribution in [2.75, 3.05) is 49.0 Å². The van der Waals surface area contributed by atoms with Crippen molar-refractivity contribution in [1.82, 2.24) is 35.3 Å². The lowest BCUT2D eigenvalue weighted by Gasteiger charge is -2.41. The predicted molar refractivity (Wildman–Crippen MR) is 201 cm³/mol. The molecule has 4 amide bonds. The molecule has 1 aromatic heterocycles. The Labute approximate surface area is 316 Å². The van der Waals surface area contributed by atoms with E-state index in [9.17, 15) is 24.0 Å². The SMILES string of the molecule is CC[C@H](C)[C@@H]([C@@H](CC(=O)N1CCC[C@H]1[C@H](OC)[C@@H](C)C(=O)N[C@@H](Cc1cnc[nH]1)C(=O)OC)OC)N(C)C(=O)[C@@H](NC(=O)[C@H](C(C)C)N(C)C)C(C)C. The van der Waals surface area contributed by atoms with Gasteiger partial charge in [-0.2, -0.15) is 0 Å². The van der Waals surface area contributed by atoms with Crippen molar-refractivity contribution in [3.8, 4) is 0 Å². The Morgan fingerprint density at radius 3 is 2.11 bits per heavy atom. The van der Waals surface area contributed by atoms with Gasteiger partial charge in [-0.1, -0.05) is 54.9 Å². The fourth-order valence-electron chi connectivity index (χ4n) is 7.67. The summed E-state index contributed by atoms with van der Waals surface area (Å²) in [6.07, 6.45) is 4.01. The van der Waals surface area contributed by atoms with Gasteiger partial charge in [-0.15, -0.1) is 0 Å². The Balaban J connectivity index is 2.28. The van der Waals surface area contributed by atoms with Crippen molar-refractivity contribution in [3.63, 3.8) is 0 Å². The molecule has 2 heterocycles. The molecule has 0 spiro atoms. The van der Waals surface area contributed by atoms with E-state index in [-0.39, 0.29) is 48.3 Å². The van der Waals surface area contributed by atoms with Crippen LogP contribution < -0.4 is 10.6 Å². The number of carbonyl (C=O) groups excluding carboxylic acids is 5. The highest BCUT2D eigenvalue weighted by Gasteiger charge is 2.43. The van der Waals surface area contributed by atoms with Gasteiger partial charge in [-0.25, -0.2) is 9.78 Å². The molecule has 1 aromatic rings. The first kappa shape index (κ1) is 45.6. The number of H-pyrrole nitrogens is 1. The van der Waals surface area contributed by atoms with Crippen molar-refractivity contribution >= 4 is 29.6 Å². The van der Waals surface area contributed by atoms with Crippen LogP contribution in [0.15, 0.2) is 12.5 Å². The number of aromatic amines is 1. The van der Waals surface area contributed by atoms with Crippen molar-refractivity contribution in [1.29, 1.82) is 0 Å². The Morgan fingerprint density at radius 2 is 1.62 bits per heavy atom. The fraction of sp³-hybridized carbons (Fsp3) is 0.789. The number of hydrogen-bond acceptors (Lipinski definition) is 10. The van der Waals surface area contributed by atoms with E-state index < -0.39 is 60.2 Å². The lowest BCUT2D eigenvalue weighted by molar-refractivity contribution is -0.149. The van der Waals surface area contributed by atoms with Crippen LogP contribution in [0, 0.1) is 23.7 Å². The molecule has 1 saturated heterocycles. The molecule has 15 heteroatoms. The van der Waals surface area contributed by atoms with Crippen LogP contribution in [0.25, 0.3) is 0 Å². The second-order valence-electron chi connectivity index (χ2n) is 15.3. The molecule has 15 nitrogen and oxygen atoms in total. The molecular weight excluding hydrogens is 682 g/mol.